The van der Waals surface area contributed by atoms with Crippen molar-refractivity contribution < 1.29 is 9.13 Å². The SMILES string of the molecule is COc1ccc(CN2CCCNC(C)(C)C2)c(F)c1. The van der Waals surface area contributed by atoms with Crippen LogP contribution in [0.2, 0.25) is 0 Å². The van der Waals surface area contributed by atoms with Gasteiger partial charge in [0.2, 0.25) is 0 Å². The van der Waals surface area contributed by atoms with Crippen molar-refractivity contribution >= 4 is 0 Å². The van der Waals surface area contributed by atoms with Crippen LogP contribution in [-0.2, 0) is 6.54 Å². The van der Waals surface area contributed by atoms with E-state index >= 15 is 0 Å². The molecule has 1 aliphatic rings. The number of halogens is 1. The van der Waals surface area contributed by atoms with Crippen molar-refractivity contribution in [3.8, 4) is 5.75 Å². The minimum absolute atomic E-state index is 0.0828. The highest BCUT2D eigenvalue weighted by molar-refractivity contribution is 5.28. The monoisotopic (exact) mass is 266 g/mol. The van der Waals surface area contributed by atoms with Crippen LogP contribution in [0.15, 0.2) is 18.2 Å². The number of rotatable bonds is 3. The molecule has 1 heterocycles. The Morgan fingerprint density at radius 3 is 2.89 bits per heavy atom. The maximum absolute atomic E-state index is 14.0. The molecule has 0 aromatic heterocycles. The van der Waals surface area contributed by atoms with Gasteiger partial charge in [0.05, 0.1) is 7.11 Å². The topological polar surface area (TPSA) is 24.5 Å². The fraction of sp³-hybridized carbons (Fsp3) is 0.600. The molecule has 1 N–H and O–H groups in total. The summed E-state index contributed by atoms with van der Waals surface area (Å²) < 4.78 is 19.0. The third-order valence-electron chi connectivity index (χ3n) is 3.53. The molecule has 0 aliphatic carbocycles. The van der Waals surface area contributed by atoms with E-state index in [4.69, 9.17) is 4.74 Å². The van der Waals surface area contributed by atoms with Gasteiger partial charge < -0.3 is 10.1 Å². The zero-order chi connectivity index (χ0) is 13.9. The van der Waals surface area contributed by atoms with E-state index in [1.807, 2.05) is 12.1 Å². The second-order valence-corrected chi connectivity index (χ2v) is 5.83. The van der Waals surface area contributed by atoms with Crippen LogP contribution in [0.4, 0.5) is 4.39 Å². The van der Waals surface area contributed by atoms with E-state index in [1.54, 1.807) is 7.11 Å². The Morgan fingerprint density at radius 2 is 2.21 bits per heavy atom. The van der Waals surface area contributed by atoms with E-state index in [-0.39, 0.29) is 11.4 Å². The van der Waals surface area contributed by atoms with Crippen molar-refractivity contribution in [2.24, 2.45) is 0 Å². The molecule has 1 saturated heterocycles. The normalized spacial score (nSPS) is 20.0. The van der Waals surface area contributed by atoms with Crippen molar-refractivity contribution in [3.63, 3.8) is 0 Å². The van der Waals surface area contributed by atoms with E-state index in [9.17, 15) is 4.39 Å². The predicted molar refractivity (Wildman–Crippen MR) is 74.9 cm³/mol. The Hall–Kier alpha value is -1.13. The van der Waals surface area contributed by atoms with Crippen molar-refractivity contribution in [2.45, 2.75) is 32.4 Å². The quantitative estimate of drug-likeness (QED) is 0.909. The lowest BCUT2D eigenvalue weighted by Gasteiger charge is -2.30. The number of methoxy groups -OCH3 is 1. The zero-order valence-corrected chi connectivity index (χ0v) is 12.0. The number of nitrogens with zero attached hydrogens (tertiary/aromatic N) is 1. The molecule has 0 radical (unpaired) electrons. The maximum atomic E-state index is 14.0. The first-order valence-electron chi connectivity index (χ1n) is 6.80. The van der Waals surface area contributed by atoms with Gasteiger partial charge in [0, 0.05) is 30.3 Å². The van der Waals surface area contributed by atoms with Gasteiger partial charge in [0.1, 0.15) is 11.6 Å². The molecule has 4 heteroatoms. The van der Waals surface area contributed by atoms with Gasteiger partial charge in [-0.15, -0.1) is 0 Å². The van der Waals surface area contributed by atoms with Crippen molar-refractivity contribution in [2.75, 3.05) is 26.7 Å². The van der Waals surface area contributed by atoms with E-state index < -0.39 is 0 Å². The lowest BCUT2D eigenvalue weighted by Crippen LogP contribution is -2.46. The molecule has 1 aromatic carbocycles. The molecule has 2 rings (SSSR count). The fourth-order valence-corrected chi connectivity index (χ4v) is 2.58. The van der Waals surface area contributed by atoms with Gasteiger partial charge >= 0.3 is 0 Å². The van der Waals surface area contributed by atoms with Gasteiger partial charge in [0.15, 0.2) is 0 Å². The largest absolute Gasteiger partial charge is 0.497 e. The van der Waals surface area contributed by atoms with Crippen LogP contribution in [0.3, 0.4) is 0 Å². The highest BCUT2D eigenvalue weighted by atomic mass is 19.1. The molecule has 0 amide bonds. The average Bonchev–Trinajstić information content (AvgIpc) is 2.52. The highest BCUT2D eigenvalue weighted by Gasteiger charge is 2.24. The standard InChI is InChI=1S/C15H23FN2O/c1-15(2)11-18(8-4-7-17-15)10-12-5-6-13(19-3)9-14(12)16/h5-6,9,17H,4,7-8,10-11H2,1-3H3. The lowest BCUT2D eigenvalue weighted by atomic mass is 10.1. The van der Waals surface area contributed by atoms with Crippen molar-refractivity contribution in [1.82, 2.24) is 10.2 Å². The van der Waals surface area contributed by atoms with Crippen LogP contribution >= 0.6 is 0 Å². The second kappa shape index (κ2) is 5.88. The molecule has 0 unspecified atom stereocenters. The number of benzene rings is 1. The van der Waals surface area contributed by atoms with E-state index in [0.29, 0.717) is 12.3 Å². The number of nitrogens with one attached hydrogen (secondary N) is 1. The maximum Gasteiger partial charge on any atom is 0.131 e. The summed E-state index contributed by atoms with van der Waals surface area (Å²) in [6.45, 7) is 7.99. The predicted octanol–water partition coefficient (Wildman–Crippen LogP) is 2.41. The molecule has 1 aromatic rings. The van der Waals surface area contributed by atoms with Gasteiger partial charge in [-0.25, -0.2) is 4.39 Å². The van der Waals surface area contributed by atoms with E-state index in [1.165, 1.54) is 6.07 Å². The van der Waals surface area contributed by atoms with Crippen LogP contribution in [0.25, 0.3) is 0 Å². The molecule has 1 aliphatic heterocycles. The first-order chi connectivity index (χ1) is 9.00. The summed E-state index contributed by atoms with van der Waals surface area (Å²) in [5.41, 5.74) is 0.818. The molecular weight excluding hydrogens is 243 g/mol. The summed E-state index contributed by atoms with van der Waals surface area (Å²) in [5, 5.41) is 3.51. The molecule has 3 nitrogen and oxygen atoms in total. The molecule has 0 saturated carbocycles. The Bertz CT molecular complexity index is 434. The molecule has 106 valence electrons. The third kappa shape index (κ3) is 3.91. The third-order valence-corrected chi connectivity index (χ3v) is 3.53. The van der Waals surface area contributed by atoms with Crippen LogP contribution < -0.4 is 10.1 Å². The van der Waals surface area contributed by atoms with Crippen LogP contribution in [-0.4, -0.2) is 37.2 Å². The Balaban J connectivity index is 2.07. The van der Waals surface area contributed by atoms with Gasteiger partial charge in [-0.05, 0) is 39.4 Å². The smallest absolute Gasteiger partial charge is 0.131 e. The molecule has 1 fully saturated rings. The zero-order valence-electron chi connectivity index (χ0n) is 12.0. The summed E-state index contributed by atoms with van der Waals surface area (Å²) in [4.78, 5) is 2.31. The van der Waals surface area contributed by atoms with Gasteiger partial charge in [0.25, 0.3) is 0 Å². The lowest BCUT2D eigenvalue weighted by molar-refractivity contribution is 0.221. The van der Waals surface area contributed by atoms with Crippen LogP contribution in [0.1, 0.15) is 25.8 Å². The molecular formula is C15H23FN2O. The Kier molecular flexibility index (Phi) is 4.42. The minimum atomic E-state index is -0.186. The van der Waals surface area contributed by atoms with Crippen LogP contribution in [0, 0.1) is 5.82 Å². The first kappa shape index (κ1) is 14.3. The number of hydrogen-bond acceptors (Lipinski definition) is 3. The van der Waals surface area contributed by atoms with Crippen LogP contribution in [0.5, 0.6) is 5.75 Å². The van der Waals surface area contributed by atoms with Crippen molar-refractivity contribution in [3.05, 3.63) is 29.6 Å². The van der Waals surface area contributed by atoms with Crippen molar-refractivity contribution in [1.29, 1.82) is 0 Å². The summed E-state index contributed by atoms with van der Waals surface area (Å²) in [6.07, 6.45) is 1.10. The highest BCUT2D eigenvalue weighted by Crippen LogP contribution is 2.19. The van der Waals surface area contributed by atoms with Gasteiger partial charge in [-0.1, -0.05) is 6.07 Å². The van der Waals surface area contributed by atoms with E-state index in [0.717, 1.165) is 31.6 Å². The average molecular weight is 266 g/mol. The second-order valence-electron chi connectivity index (χ2n) is 5.83. The molecule has 0 atom stereocenters. The summed E-state index contributed by atoms with van der Waals surface area (Å²) >= 11 is 0. The minimum Gasteiger partial charge on any atom is -0.497 e. The number of ether oxygens (including phenoxy) is 1. The Morgan fingerprint density at radius 1 is 1.42 bits per heavy atom. The summed E-state index contributed by atoms with van der Waals surface area (Å²) in [6, 6.07) is 5.09. The summed E-state index contributed by atoms with van der Waals surface area (Å²) in [5.74, 6) is 0.383. The van der Waals surface area contributed by atoms with Gasteiger partial charge in [-0.3, -0.25) is 4.90 Å². The first-order valence-corrected chi connectivity index (χ1v) is 6.80. The molecule has 0 bridgehead atoms. The molecule has 19 heavy (non-hydrogen) atoms. The number of hydrogen-bond donors (Lipinski definition) is 1. The summed E-state index contributed by atoms with van der Waals surface area (Å²) in [7, 11) is 1.55. The fourth-order valence-electron chi connectivity index (χ4n) is 2.58. The van der Waals surface area contributed by atoms with E-state index in [2.05, 4.69) is 24.1 Å². The van der Waals surface area contributed by atoms with Gasteiger partial charge in [-0.2, -0.15) is 0 Å². The Labute approximate surface area is 114 Å². The molecule has 0 spiro atoms.